The Morgan fingerprint density at radius 2 is 2.22 bits per heavy atom. The number of benzene rings is 1. The monoisotopic (exact) mass is 266 g/mol. The molecule has 6 nitrogen and oxygen atoms in total. The smallest absolute Gasteiger partial charge is 0.240 e. The molecule has 2 rings (SSSR count). The van der Waals surface area contributed by atoms with E-state index in [1.54, 1.807) is 31.5 Å². The van der Waals surface area contributed by atoms with Crippen LogP contribution in [0.3, 0.4) is 0 Å². The van der Waals surface area contributed by atoms with Crippen molar-refractivity contribution >= 4 is 15.7 Å². The highest BCUT2D eigenvalue weighted by Gasteiger charge is 2.14. The van der Waals surface area contributed by atoms with Crippen molar-refractivity contribution in [3.8, 4) is 0 Å². The predicted molar refractivity (Wildman–Crippen MR) is 68.2 cm³/mol. The predicted octanol–water partition coefficient (Wildman–Crippen LogP) is 0.779. The first kappa shape index (κ1) is 12.6. The Balaban J connectivity index is 2.17. The van der Waals surface area contributed by atoms with E-state index in [0.29, 0.717) is 11.5 Å². The molecule has 0 spiro atoms. The number of anilines is 1. The molecule has 0 aliphatic carbocycles. The summed E-state index contributed by atoms with van der Waals surface area (Å²) in [5.74, 6) is 0.561. The van der Waals surface area contributed by atoms with Gasteiger partial charge in [-0.3, -0.25) is 0 Å². The van der Waals surface area contributed by atoms with Crippen LogP contribution in [0.2, 0.25) is 0 Å². The minimum Gasteiger partial charge on any atom is -0.399 e. The fraction of sp³-hybridized carbons (Fsp3) is 0.182. The maximum Gasteiger partial charge on any atom is 0.240 e. The van der Waals surface area contributed by atoms with E-state index in [9.17, 15) is 8.42 Å². The SMILES string of the molecule is Cc1cc(S(=O)(=O)NCc2ncc[nH]2)ccc1N. The molecule has 0 aliphatic heterocycles. The van der Waals surface area contributed by atoms with Gasteiger partial charge in [-0.15, -0.1) is 0 Å². The average Bonchev–Trinajstić information content (AvgIpc) is 2.83. The molecule has 1 aromatic carbocycles. The normalized spacial score (nSPS) is 11.6. The summed E-state index contributed by atoms with van der Waals surface area (Å²) in [6.45, 7) is 1.89. The van der Waals surface area contributed by atoms with Gasteiger partial charge in [-0.1, -0.05) is 0 Å². The molecule has 0 bridgehead atoms. The van der Waals surface area contributed by atoms with E-state index in [1.165, 1.54) is 6.07 Å². The number of sulfonamides is 1. The lowest BCUT2D eigenvalue weighted by Crippen LogP contribution is -2.23. The van der Waals surface area contributed by atoms with E-state index in [-0.39, 0.29) is 11.4 Å². The number of nitrogens with zero attached hydrogens (tertiary/aromatic N) is 1. The third kappa shape index (κ3) is 2.69. The Hall–Kier alpha value is -1.86. The molecule has 0 atom stereocenters. The molecule has 96 valence electrons. The first-order valence-electron chi connectivity index (χ1n) is 5.33. The average molecular weight is 266 g/mol. The van der Waals surface area contributed by atoms with Crippen LogP contribution >= 0.6 is 0 Å². The van der Waals surface area contributed by atoms with Crippen molar-refractivity contribution in [1.82, 2.24) is 14.7 Å². The number of nitrogen functional groups attached to an aromatic ring is 1. The Labute approximate surface area is 105 Å². The van der Waals surface area contributed by atoms with Crippen LogP contribution in [0.1, 0.15) is 11.4 Å². The number of nitrogens with one attached hydrogen (secondary N) is 2. The van der Waals surface area contributed by atoms with Crippen molar-refractivity contribution in [3.63, 3.8) is 0 Å². The summed E-state index contributed by atoms with van der Waals surface area (Å²) in [6, 6.07) is 4.60. The Bertz CT molecular complexity index is 635. The molecule has 0 unspecified atom stereocenters. The van der Waals surface area contributed by atoms with Gasteiger partial charge in [0.1, 0.15) is 5.82 Å². The number of rotatable bonds is 4. The summed E-state index contributed by atoms with van der Waals surface area (Å²) in [5, 5.41) is 0. The van der Waals surface area contributed by atoms with Gasteiger partial charge in [-0.25, -0.2) is 18.1 Å². The van der Waals surface area contributed by atoms with Gasteiger partial charge in [0.05, 0.1) is 11.4 Å². The van der Waals surface area contributed by atoms with Crippen LogP contribution in [0.15, 0.2) is 35.5 Å². The molecular weight excluding hydrogens is 252 g/mol. The van der Waals surface area contributed by atoms with E-state index >= 15 is 0 Å². The fourth-order valence-electron chi connectivity index (χ4n) is 1.46. The number of aromatic nitrogens is 2. The Morgan fingerprint density at radius 3 is 2.83 bits per heavy atom. The lowest BCUT2D eigenvalue weighted by molar-refractivity contribution is 0.579. The molecule has 2 aromatic rings. The molecule has 0 saturated carbocycles. The quantitative estimate of drug-likeness (QED) is 0.712. The van der Waals surface area contributed by atoms with Gasteiger partial charge in [-0.05, 0) is 30.7 Å². The van der Waals surface area contributed by atoms with Crippen LogP contribution in [-0.2, 0) is 16.6 Å². The largest absolute Gasteiger partial charge is 0.399 e. The molecule has 4 N–H and O–H groups in total. The summed E-state index contributed by atoms with van der Waals surface area (Å²) < 4.78 is 26.5. The zero-order valence-corrected chi connectivity index (χ0v) is 10.7. The van der Waals surface area contributed by atoms with Crippen molar-refractivity contribution < 1.29 is 8.42 Å². The van der Waals surface area contributed by atoms with E-state index in [1.807, 2.05) is 0 Å². The number of H-pyrrole nitrogens is 1. The van der Waals surface area contributed by atoms with E-state index in [2.05, 4.69) is 14.7 Å². The van der Waals surface area contributed by atoms with Crippen molar-refractivity contribution in [2.45, 2.75) is 18.4 Å². The fourth-order valence-corrected chi connectivity index (χ4v) is 2.53. The number of aromatic amines is 1. The number of imidazole rings is 1. The second-order valence-corrected chi connectivity index (χ2v) is 5.65. The zero-order chi connectivity index (χ0) is 13.2. The van der Waals surface area contributed by atoms with Gasteiger partial charge in [-0.2, -0.15) is 0 Å². The third-order valence-corrected chi connectivity index (χ3v) is 3.93. The summed E-state index contributed by atoms with van der Waals surface area (Å²) in [6.07, 6.45) is 3.20. The van der Waals surface area contributed by atoms with Crippen LogP contribution < -0.4 is 10.5 Å². The molecule has 1 heterocycles. The molecule has 18 heavy (non-hydrogen) atoms. The van der Waals surface area contributed by atoms with E-state index in [4.69, 9.17) is 5.73 Å². The van der Waals surface area contributed by atoms with Crippen LogP contribution in [0.4, 0.5) is 5.69 Å². The van der Waals surface area contributed by atoms with Crippen molar-refractivity contribution in [2.24, 2.45) is 0 Å². The maximum absolute atomic E-state index is 12.0. The lowest BCUT2D eigenvalue weighted by Gasteiger charge is -2.07. The molecule has 7 heteroatoms. The standard InChI is InChI=1S/C11H14N4O2S/c1-8-6-9(2-3-10(8)12)18(16,17)15-7-11-13-4-5-14-11/h2-6,15H,7,12H2,1H3,(H,13,14). The first-order valence-corrected chi connectivity index (χ1v) is 6.81. The second-order valence-electron chi connectivity index (χ2n) is 3.88. The van der Waals surface area contributed by atoms with Crippen molar-refractivity contribution in [2.75, 3.05) is 5.73 Å². The topological polar surface area (TPSA) is 101 Å². The van der Waals surface area contributed by atoms with Crippen LogP contribution in [0.5, 0.6) is 0 Å². The van der Waals surface area contributed by atoms with E-state index < -0.39 is 10.0 Å². The minimum absolute atomic E-state index is 0.124. The number of nitrogens with two attached hydrogens (primary N) is 1. The lowest BCUT2D eigenvalue weighted by atomic mass is 10.2. The van der Waals surface area contributed by atoms with Gasteiger partial charge in [0.2, 0.25) is 10.0 Å². The first-order chi connectivity index (χ1) is 8.49. The van der Waals surface area contributed by atoms with Gasteiger partial charge >= 0.3 is 0 Å². The van der Waals surface area contributed by atoms with Gasteiger partial charge in [0.25, 0.3) is 0 Å². The molecule has 0 fully saturated rings. The molecule has 0 saturated heterocycles. The molecule has 0 amide bonds. The van der Waals surface area contributed by atoms with Crippen LogP contribution in [0, 0.1) is 6.92 Å². The highest BCUT2D eigenvalue weighted by molar-refractivity contribution is 7.89. The number of aryl methyl sites for hydroxylation is 1. The molecule has 1 aromatic heterocycles. The number of hydrogen-bond acceptors (Lipinski definition) is 4. The van der Waals surface area contributed by atoms with Gasteiger partial charge in [0, 0.05) is 18.1 Å². The third-order valence-electron chi connectivity index (χ3n) is 2.54. The Morgan fingerprint density at radius 1 is 1.44 bits per heavy atom. The highest BCUT2D eigenvalue weighted by Crippen LogP contribution is 2.16. The number of hydrogen-bond donors (Lipinski definition) is 3. The summed E-state index contributed by atoms with van der Waals surface area (Å²) in [4.78, 5) is 6.96. The minimum atomic E-state index is -3.54. The molecular formula is C11H14N4O2S. The molecule has 0 aliphatic rings. The Kier molecular flexibility index (Phi) is 3.35. The second kappa shape index (κ2) is 4.79. The van der Waals surface area contributed by atoms with Crippen LogP contribution in [0.25, 0.3) is 0 Å². The summed E-state index contributed by atoms with van der Waals surface area (Å²) in [5.41, 5.74) is 6.95. The van der Waals surface area contributed by atoms with Crippen LogP contribution in [-0.4, -0.2) is 18.4 Å². The maximum atomic E-state index is 12.0. The summed E-state index contributed by atoms with van der Waals surface area (Å²) in [7, 11) is -3.54. The van der Waals surface area contributed by atoms with E-state index in [0.717, 1.165) is 5.56 Å². The van der Waals surface area contributed by atoms with Crippen molar-refractivity contribution in [3.05, 3.63) is 42.0 Å². The van der Waals surface area contributed by atoms with Crippen molar-refractivity contribution in [1.29, 1.82) is 0 Å². The van der Waals surface area contributed by atoms with Gasteiger partial charge in [0.15, 0.2) is 0 Å². The summed E-state index contributed by atoms with van der Waals surface area (Å²) >= 11 is 0. The zero-order valence-electron chi connectivity index (χ0n) is 9.84. The highest BCUT2D eigenvalue weighted by atomic mass is 32.2. The van der Waals surface area contributed by atoms with Gasteiger partial charge < -0.3 is 10.7 Å². The molecule has 0 radical (unpaired) electrons.